The fourth-order valence-corrected chi connectivity index (χ4v) is 4.01. The molecule has 0 aliphatic rings. The van der Waals surface area contributed by atoms with Crippen molar-refractivity contribution in [3.05, 3.63) is 76.6 Å². The molecule has 1 amide bonds. The van der Waals surface area contributed by atoms with Crippen molar-refractivity contribution in [3.8, 4) is 10.4 Å². The molecule has 146 valence electrons. The summed E-state index contributed by atoms with van der Waals surface area (Å²) in [4.78, 5) is 27.1. The lowest BCUT2D eigenvalue weighted by Gasteiger charge is -2.13. The first-order chi connectivity index (χ1) is 14.1. The van der Waals surface area contributed by atoms with Gasteiger partial charge in [-0.1, -0.05) is 54.6 Å². The molecule has 4 aromatic rings. The molecule has 0 fully saturated rings. The van der Waals surface area contributed by atoms with Gasteiger partial charge in [0.1, 0.15) is 6.04 Å². The zero-order valence-electron chi connectivity index (χ0n) is 16.1. The number of aromatic nitrogens is 3. The van der Waals surface area contributed by atoms with E-state index in [9.17, 15) is 9.59 Å². The molecule has 7 heteroatoms. The zero-order chi connectivity index (χ0) is 20.4. The summed E-state index contributed by atoms with van der Waals surface area (Å²) in [5.41, 5.74) is 2.57. The number of carbonyl (C=O) groups is 1. The molecule has 0 bridgehead atoms. The number of rotatable bonds is 5. The number of nitrogens with zero attached hydrogens (tertiary/aromatic N) is 3. The van der Waals surface area contributed by atoms with Gasteiger partial charge in [0.05, 0.1) is 5.39 Å². The number of amides is 1. The lowest BCUT2D eigenvalue weighted by molar-refractivity contribution is -0.119. The van der Waals surface area contributed by atoms with Crippen molar-refractivity contribution in [2.24, 2.45) is 0 Å². The first-order valence-corrected chi connectivity index (χ1v) is 10.2. The Kier molecular flexibility index (Phi) is 5.22. The first kappa shape index (κ1) is 19.0. The highest BCUT2D eigenvalue weighted by Gasteiger charge is 2.20. The maximum absolute atomic E-state index is 12.9. The number of thiophene rings is 1. The summed E-state index contributed by atoms with van der Waals surface area (Å²) < 4.78 is 1.14. The maximum Gasteiger partial charge on any atom is 0.279 e. The van der Waals surface area contributed by atoms with Crippen molar-refractivity contribution in [1.29, 1.82) is 0 Å². The van der Waals surface area contributed by atoms with Gasteiger partial charge in [0.25, 0.3) is 5.56 Å². The standard InChI is InChI=1S/C22H20N4O2S/c1-3-15-9-11-17(12-10-15)23-20(27)14(2)26-22(28)18-13-19(29-21(18)24-25-26)16-7-5-4-6-8-16/h4-14H,3H2,1-2H3,(H,23,27). The van der Waals surface area contributed by atoms with Gasteiger partial charge < -0.3 is 5.32 Å². The molecule has 1 unspecified atom stereocenters. The number of hydrogen-bond acceptors (Lipinski definition) is 5. The number of nitrogens with one attached hydrogen (secondary N) is 1. The number of aryl methyl sites for hydroxylation is 1. The zero-order valence-corrected chi connectivity index (χ0v) is 16.9. The Morgan fingerprint density at radius 1 is 1.14 bits per heavy atom. The van der Waals surface area contributed by atoms with E-state index in [0.29, 0.717) is 15.9 Å². The molecule has 2 aromatic carbocycles. The molecule has 0 saturated heterocycles. The van der Waals surface area contributed by atoms with Gasteiger partial charge in [0.2, 0.25) is 5.91 Å². The lowest BCUT2D eigenvalue weighted by atomic mass is 10.1. The summed E-state index contributed by atoms with van der Waals surface area (Å²) >= 11 is 1.41. The minimum absolute atomic E-state index is 0.316. The fraction of sp³-hybridized carbons (Fsp3) is 0.182. The predicted octanol–water partition coefficient (Wildman–Crippen LogP) is 4.28. The van der Waals surface area contributed by atoms with Gasteiger partial charge in [-0.2, -0.15) is 4.68 Å². The number of benzene rings is 2. The minimum Gasteiger partial charge on any atom is -0.324 e. The molecule has 1 N–H and O–H groups in total. The van der Waals surface area contributed by atoms with Gasteiger partial charge >= 0.3 is 0 Å². The largest absolute Gasteiger partial charge is 0.324 e. The number of carbonyl (C=O) groups excluding carboxylic acids is 1. The van der Waals surface area contributed by atoms with E-state index in [1.807, 2.05) is 60.7 Å². The van der Waals surface area contributed by atoms with E-state index in [-0.39, 0.29) is 11.5 Å². The topological polar surface area (TPSA) is 76.9 Å². The summed E-state index contributed by atoms with van der Waals surface area (Å²) in [5.74, 6) is -0.316. The van der Waals surface area contributed by atoms with E-state index in [4.69, 9.17) is 0 Å². The van der Waals surface area contributed by atoms with E-state index in [1.54, 1.807) is 6.92 Å². The van der Waals surface area contributed by atoms with Crippen LogP contribution in [0.2, 0.25) is 0 Å². The van der Waals surface area contributed by atoms with E-state index in [0.717, 1.165) is 21.5 Å². The van der Waals surface area contributed by atoms with Gasteiger partial charge in [-0.3, -0.25) is 9.59 Å². The third kappa shape index (κ3) is 3.82. The Hall–Kier alpha value is -3.32. The summed E-state index contributed by atoms with van der Waals surface area (Å²) in [6.45, 7) is 3.71. The minimum atomic E-state index is -0.787. The van der Waals surface area contributed by atoms with Crippen molar-refractivity contribution < 1.29 is 4.79 Å². The van der Waals surface area contributed by atoms with Crippen LogP contribution in [0.25, 0.3) is 20.7 Å². The third-order valence-electron chi connectivity index (χ3n) is 4.82. The highest BCUT2D eigenvalue weighted by Crippen LogP contribution is 2.30. The van der Waals surface area contributed by atoms with Crippen LogP contribution < -0.4 is 10.9 Å². The highest BCUT2D eigenvalue weighted by molar-refractivity contribution is 7.21. The molecule has 1 atom stereocenters. The van der Waals surface area contributed by atoms with Crippen molar-refractivity contribution in [1.82, 2.24) is 15.0 Å². The smallest absolute Gasteiger partial charge is 0.279 e. The van der Waals surface area contributed by atoms with E-state index in [2.05, 4.69) is 22.6 Å². The summed E-state index contributed by atoms with van der Waals surface area (Å²) in [5, 5.41) is 11.5. The maximum atomic E-state index is 12.9. The SMILES string of the molecule is CCc1ccc(NC(=O)C(C)n2nnc3sc(-c4ccccc4)cc3c2=O)cc1. The molecule has 0 aliphatic heterocycles. The van der Waals surface area contributed by atoms with Crippen LogP contribution in [-0.4, -0.2) is 20.9 Å². The van der Waals surface area contributed by atoms with Crippen molar-refractivity contribution >= 4 is 33.1 Å². The molecule has 29 heavy (non-hydrogen) atoms. The second-order valence-electron chi connectivity index (χ2n) is 6.75. The average Bonchev–Trinajstić information content (AvgIpc) is 3.20. The molecule has 6 nitrogen and oxygen atoms in total. The molecule has 2 heterocycles. The van der Waals surface area contributed by atoms with E-state index < -0.39 is 6.04 Å². The Balaban J connectivity index is 1.61. The van der Waals surface area contributed by atoms with Crippen LogP contribution in [-0.2, 0) is 11.2 Å². The molecule has 2 aromatic heterocycles. The van der Waals surface area contributed by atoms with Gasteiger partial charge in [-0.15, -0.1) is 16.4 Å². The van der Waals surface area contributed by atoms with Crippen LogP contribution in [0.15, 0.2) is 65.5 Å². The molecular formula is C22H20N4O2S. The molecule has 4 rings (SSSR count). The second-order valence-corrected chi connectivity index (χ2v) is 7.78. The van der Waals surface area contributed by atoms with Crippen LogP contribution in [0.5, 0.6) is 0 Å². The number of anilines is 1. The van der Waals surface area contributed by atoms with Gasteiger partial charge in [0, 0.05) is 10.6 Å². The average molecular weight is 404 g/mol. The summed E-state index contributed by atoms with van der Waals surface area (Å²) in [7, 11) is 0. The molecule has 0 radical (unpaired) electrons. The molecular weight excluding hydrogens is 384 g/mol. The molecule has 0 spiro atoms. The number of hydrogen-bond donors (Lipinski definition) is 1. The Morgan fingerprint density at radius 3 is 2.55 bits per heavy atom. The Labute approximate surface area is 171 Å². The fourth-order valence-electron chi connectivity index (χ4n) is 3.04. The van der Waals surface area contributed by atoms with Crippen LogP contribution in [0.3, 0.4) is 0 Å². The molecule has 0 saturated carbocycles. The normalized spacial score (nSPS) is 12.1. The first-order valence-electron chi connectivity index (χ1n) is 9.41. The summed E-state index contributed by atoms with van der Waals surface area (Å²) in [6.07, 6.45) is 0.932. The summed E-state index contributed by atoms with van der Waals surface area (Å²) in [6, 6.07) is 18.5. The van der Waals surface area contributed by atoms with Crippen molar-refractivity contribution in [2.45, 2.75) is 26.3 Å². The number of fused-ring (bicyclic) bond motifs is 1. The van der Waals surface area contributed by atoms with Gasteiger partial charge in [0.15, 0.2) is 4.83 Å². The van der Waals surface area contributed by atoms with E-state index >= 15 is 0 Å². The van der Waals surface area contributed by atoms with Crippen LogP contribution in [0, 0.1) is 0 Å². The van der Waals surface area contributed by atoms with E-state index in [1.165, 1.54) is 16.9 Å². The van der Waals surface area contributed by atoms with Crippen LogP contribution in [0.1, 0.15) is 25.5 Å². The van der Waals surface area contributed by atoms with Gasteiger partial charge in [-0.25, -0.2) is 0 Å². The third-order valence-corrected chi connectivity index (χ3v) is 5.89. The Bertz CT molecular complexity index is 1210. The monoisotopic (exact) mass is 404 g/mol. The van der Waals surface area contributed by atoms with Crippen LogP contribution in [0.4, 0.5) is 5.69 Å². The quantitative estimate of drug-likeness (QED) is 0.539. The Morgan fingerprint density at radius 2 is 1.86 bits per heavy atom. The van der Waals surface area contributed by atoms with Gasteiger partial charge in [-0.05, 0) is 42.7 Å². The molecule has 0 aliphatic carbocycles. The predicted molar refractivity (Wildman–Crippen MR) is 116 cm³/mol. The van der Waals surface area contributed by atoms with Crippen molar-refractivity contribution in [3.63, 3.8) is 0 Å². The van der Waals surface area contributed by atoms with Crippen LogP contribution >= 0.6 is 11.3 Å². The second kappa shape index (κ2) is 7.97. The lowest BCUT2D eigenvalue weighted by Crippen LogP contribution is -2.33. The van der Waals surface area contributed by atoms with Crippen molar-refractivity contribution in [2.75, 3.05) is 5.32 Å². The highest BCUT2D eigenvalue weighted by atomic mass is 32.1.